The molecule has 0 saturated carbocycles. The number of anilines is 2. The van der Waals surface area contributed by atoms with Gasteiger partial charge in [-0.05, 0) is 31.9 Å². The molecule has 29 heavy (non-hydrogen) atoms. The van der Waals surface area contributed by atoms with Gasteiger partial charge < -0.3 is 19.7 Å². The number of ketones is 1. The van der Waals surface area contributed by atoms with E-state index in [0.717, 1.165) is 25.1 Å². The predicted molar refractivity (Wildman–Crippen MR) is 112 cm³/mol. The summed E-state index contributed by atoms with van der Waals surface area (Å²) in [7, 11) is 3.20. The standard InChI is InChI=1S/C21H25N3O5/c1-14(25)15-6-7-20(21(9-15)24(26)27)23-8-4-5-16(13-23)22-17-10-18(28-2)12-19(11-17)29-3/h6-7,9-12,16,22H,4-5,8,13H2,1-3H3. The second-order valence-corrected chi connectivity index (χ2v) is 7.05. The molecule has 2 aromatic rings. The molecule has 3 rings (SSSR count). The van der Waals surface area contributed by atoms with E-state index in [1.807, 2.05) is 17.0 Å². The Balaban J connectivity index is 1.81. The summed E-state index contributed by atoms with van der Waals surface area (Å²) in [5, 5.41) is 15.1. The van der Waals surface area contributed by atoms with Crippen molar-refractivity contribution < 1.29 is 19.2 Å². The van der Waals surface area contributed by atoms with Gasteiger partial charge in [0.1, 0.15) is 17.2 Å². The van der Waals surface area contributed by atoms with E-state index >= 15 is 0 Å². The first-order chi connectivity index (χ1) is 13.9. The molecule has 1 unspecified atom stereocenters. The maximum Gasteiger partial charge on any atom is 0.293 e. The second-order valence-electron chi connectivity index (χ2n) is 7.05. The highest BCUT2D eigenvalue weighted by Gasteiger charge is 2.26. The number of nitro groups is 1. The molecular weight excluding hydrogens is 374 g/mol. The zero-order valence-electron chi connectivity index (χ0n) is 16.8. The van der Waals surface area contributed by atoms with Gasteiger partial charge in [0.25, 0.3) is 5.69 Å². The van der Waals surface area contributed by atoms with E-state index in [1.54, 1.807) is 32.4 Å². The van der Waals surface area contributed by atoms with Crippen LogP contribution in [0.2, 0.25) is 0 Å². The monoisotopic (exact) mass is 399 g/mol. The third-order valence-corrected chi connectivity index (χ3v) is 5.06. The van der Waals surface area contributed by atoms with Gasteiger partial charge in [-0.25, -0.2) is 0 Å². The van der Waals surface area contributed by atoms with Crippen LogP contribution in [-0.2, 0) is 0 Å². The summed E-state index contributed by atoms with van der Waals surface area (Å²) < 4.78 is 10.6. The van der Waals surface area contributed by atoms with Crippen LogP contribution in [0.1, 0.15) is 30.1 Å². The van der Waals surface area contributed by atoms with E-state index in [2.05, 4.69) is 5.32 Å². The number of hydrogen-bond donors (Lipinski definition) is 1. The van der Waals surface area contributed by atoms with Crippen LogP contribution in [0, 0.1) is 10.1 Å². The SMILES string of the molecule is COc1cc(NC2CCCN(c3ccc(C(C)=O)cc3[N+](=O)[O-])C2)cc(OC)c1. The molecule has 0 spiro atoms. The highest BCUT2D eigenvalue weighted by atomic mass is 16.6. The molecule has 8 nitrogen and oxygen atoms in total. The molecule has 8 heteroatoms. The average Bonchev–Trinajstić information content (AvgIpc) is 2.73. The molecule has 0 bridgehead atoms. The van der Waals surface area contributed by atoms with Crippen molar-refractivity contribution in [3.63, 3.8) is 0 Å². The molecule has 2 aromatic carbocycles. The summed E-state index contributed by atoms with van der Waals surface area (Å²) in [4.78, 5) is 24.8. The zero-order valence-corrected chi connectivity index (χ0v) is 16.8. The number of carbonyl (C=O) groups is 1. The van der Waals surface area contributed by atoms with E-state index in [4.69, 9.17) is 9.47 Å². The minimum atomic E-state index is -0.425. The van der Waals surface area contributed by atoms with Crippen molar-refractivity contribution in [1.29, 1.82) is 0 Å². The molecule has 1 fully saturated rings. The van der Waals surface area contributed by atoms with Gasteiger partial charge in [0.15, 0.2) is 5.78 Å². The Labute approximate surface area is 169 Å². The summed E-state index contributed by atoms with van der Waals surface area (Å²) in [5.41, 5.74) is 1.71. The number of Topliss-reactive ketones (excluding diaryl/α,β-unsaturated/α-hetero) is 1. The Hall–Kier alpha value is -3.29. The fraction of sp³-hybridized carbons (Fsp3) is 0.381. The van der Waals surface area contributed by atoms with Gasteiger partial charge in [0.2, 0.25) is 0 Å². The van der Waals surface area contributed by atoms with Crippen molar-refractivity contribution in [3.05, 3.63) is 52.1 Å². The first-order valence-corrected chi connectivity index (χ1v) is 9.45. The van der Waals surface area contributed by atoms with Crippen LogP contribution in [0.4, 0.5) is 17.1 Å². The van der Waals surface area contributed by atoms with Crippen molar-refractivity contribution in [3.8, 4) is 11.5 Å². The molecule has 154 valence electrons. The summed E-state index contributed by atoms with van der Waals surface area (Å²) in [6.45, 7) is 2.74. The number of hydrogen-bond acceptors (Lipinski definition) is 7. The lowest BCUT2D eigenvalue weighted by molar-refractivity contribution is -0.384. The van der Waals surface area contributed by atoms with Gasteiger partial charge in [-0.1, -0.05) is 0 Å². The topological polar surface area (TPSA) is 93.9 Å². The molecule has 1 atom stereocenters. The molecule has 1 saturated heterocycles. The van der Waals surface area contributed by atoms with Crippen molar-refractivity contribution >= 4 is 22.8 Å². The highest BCUT2D eigenvalue weighted by molar-refractivity contribution is 5.95. The van der Waals surface area contributed by atoms with Gasteiger partial charge in [0, 0.05) is 54.6 Å². The highest BCUT2D eigenvalue weighted by Crippen LogP contribution is 2.33. The van der Waals surface area contributed by atoms with E-state index in [0.29, 0.717) is 29.3 Å². The van der Waals surface area contributed by atoms with Crippen LogP contribution in [0.5, 0.6) is 11.5 Å². The number of nitro benzene ring substituents is 1. The summed E-state index contributed by atoms with van der Waals surface area (Å²) in [5.74, 6) is 1.19. The average molecular weight is 399 g/mol. The quantitative estimate of drug-likeness (QED) is 0.429. The number of benzene rings is 2. The van der Waals surface area contributed by atoms with Crippen LogP contribution in [0.3, 0.4) is 0 Å². The minimum Gasteiger partial charge on any atom is -0.497 e. The summed E-state index contributed by atoms with van der Waals surface area (Å²) in [6.07, 6.45) is 1.83. The fourth-order valence-corrected chi connectivity index (χ4v) is 3.60. The van der Waals surface area contributed by atoms with E-state index in [1.165, 1.54) is 13.0 Å². The lowest BCUT2D eigenvalue weighted by Gasteiger charge is -2.35. The fourth-order valence-electron chi connectivity index (χ4n) is 3.60. The van der Waals surface area contributed by atoms with Crippen molar-refractivity contribution in [2.75, 3.05) is 37.5 Å². The van der Waals surface area contributed by atoms with Crippen LogP contribution in [0.15, 0.2) is 36.4 Å². The molecule has 0 radical (unpaired) electrons. The van der Waals surface area contributed by atoms with Gasteiger partial charge in [-0.2, -0.15) is 0 Å². The van der Waals surface area contributed by atoms with Gasteiger partial charge in [-0.3, -0.25) is 14.9 Å². The first-order valence-electron chi connectivity index (χ1n) is 9.45. The Morgan fingerprint density at radius 1 is 1.17 bits per heavy atom. The molecule has 1 aliphatic heterocycles. The normalized spacial score (nSPS) is 16.2. The van der Waals surface area contributed by atoms with Crippen molar-refractivity contribution in [2.24, 2.45) is 0 Å². The lowest BCUT2D eigenvalue weighted by Crippen LogP contribution is -2.42. The van der Waals surface area contributed by atoms with E-state index in [9.17, 15) is 14.9 Å². The Morgan fingerprint density at radius 2 is 1.86 bits per heavy atom. The van der Waals surface area contributed by atoms with E-state index in [-0.39, 0.29) is 17.5 Å². The number of piperidine rings is 1. The van der Waals surface area contributed by atoms with Gasteiger partial charge in [-0.15, -0.1) is 0 Å². The molecule has 1 heterocycles. The molecule has 0 amide bonds. The van der Waals surface area contributed by atoms with Gasteiger partial charge in [0.05, 0.1) is 19.1 Å². The second kappa shape index (κ2) is 8.81. The first kappa shape index (κ1) is 20.4. The maximum atomic E-state index is 11.6. The van der Waals surface area contributed by atoms with Crippen LogP contribution >= 0.6 is 0 Å². The summed E-state index contributed by atoms with van der Waals surface area (Å²) in [6, 6.07) is 10.4. The third-order valence-electron chi connectivity index (χ3n) is 5.06. The zero-order chi connectivity index (χ0) is 21.0. The number of methoxy groups -OCH3 is 2. The van der Waals surface area contributed by atoms with Crippen molar-refractivity contribution in [2.45, 2.75) is 25.8 Å². The Morgan fingerprint density at radius 3 is 2.45 bits per heavy atom. The molecule has 1 N–H and O–H groups in total. The smallest absolute Gasteiger partial charge is 0.293 e. The number of nitrogens with one attached hydrogen (secondary N) is 1. The van der Waals surface area contributed by atoms with Gasteiger partial charge >= 0.3 is 0 Å². The molecule has 0 aliphatic carbocycles. The number of nitrogens with zero attached hydrogens (tertiary/aromatic N) is 2. The van der Waals surface area contributed by atoms with Crippen LogP contribution < -0.4 is 19.7 Å². The molecule has 0 aromatic heterocycles. The molecule has 1 aliphatic rings. The Kier molecular flexibility index (Phi) is 6.21. The number of ether oxygens (including phenoxy) is 2. The maximum absolute atomic E-state index is 11.6. The number of carbonyl (C=O) groups excluding carboxylic acids is 1. The third kappa shape index (κ3) is 4.77. The predicted octanol–water partition coefficient (Wildman–Crippen LogP) is 3.90. The minimum absolute atomic E-state index is 0.0404. The van der Waals surface area contributed by atoms with Crippen molar-refractivity contribution in [1.82, 2.24) is 0 Å². The van der Waals surface area contributed by atoms with E-state index < -0.39 is 4.92 Å². The largest absolute Gasteiger partial charge is 0.497 e. The number of rotatable bonds is 7. The van der Waals surface area contributed by atoms with Crippen LogP contribution in [-0.4, -0.2) is 44.1 Å². The molecular formula is C21H25N3O5. The lowest BCUT2D eigenvalue weighted by atomic mass is 10.0. The Bertz CT molecular complexity index is 893. The van der Waals surface area contributed by atoms with Crippen LogP contribution in [0.25, 0.3) is 0 Å². The summed E-state index contributed by atoms with van der Waals surface area (Å²) >= 11 is 0.